The van der Waals surface area contributed by atoms with Crippen molar-refractivity contribution >= 4 is 40.8 Å². The van der Waals surface area contributed by atoms with Gasteiger partial charge in [-0.25, -0.2) is 0 Å². The Bertz CT molecular complexity index is 875. The number of carbonyl (C=O) groups is 1. The number of amides is 1. The predicted molar refractivity (Wildman–Crippen MR) is 114 cm³/mol. The molecule has 27 heavy (non-hydrogen) atoms. The number of aromatic nitrogens is 3. The summed E-state index contributed by atoms with van der Waals surface area (Å²) in [5, 5.41) is 11.4. The molecule has 0 aliphatic heterocycles. The van der Waals surface area contributed by atoms with E-state index in [-0.39, 0.29) is 5.91 Å². The number of hydrogen-bond acceptors (Lipinski definition) is 6. The molecule has 0 radical (unpaired) electrons. The van der Waals surface area contributed by atoms with Crippen LogP contribution in [0.2, 0.25) is 0 Å². The second-order valence-electron chi connectivity index (χ2n) is 5.91. The molecule has 0 saturated carbocycles. The van der Waals surface area contributed by atoms with E-state index in [0.29, 0.717) is 12.3 Å². The molecule has 0 aliphatic rings. The maximum absolute atomic E-state index is 12.5. The minimum absolute atomic E-state index is 0.0808. The van der Waals surface area contributed by atoms with Gasteiger partial charge in [-0.3, -0.25) is 4.79 Å². The van der Waals surface area contributed by atoms with Gasteiger partial charge in [0.1, 0.15) is 0 Å². The quantitative estimate of drug-likeness (QED) is 0.504. The van der Waals surface area contributed by atoms with Crippen molar-refractivity contribution in [3.05, 3.63) is 47.3 Å². The highest BCUT2D eigenvalue weighted by atomic mass is 32.2. The van der Waals surface area contributed by atoms with Gasteiger partial charge in [0.25, 0.3) is 0 Å². The van der Waals surface area contributed by atoms with Crippen LogP contribution in [0.15, 0.2) is 51.8 Å². The first-order valence-electron chi connectivity index (χ1n) is 8.59. The van der Waals surface area contributed by atoms with Crippen LogP contribution in [0.5, 0.6) is 0 Å². The first kappa shape index (κ1) is 20.0. The molecular formula is C19H22N4OS3. The van der Waals surface area contributed by atoms with Gasteiger partial charge in [0.2, 0.25) is 5.91 Å². The number of nitrogens with zero attached hydrogens (tertiary/aromatic N) is 4. The molecule has 1 amide bonds. The second-order valence-corrected chi connectivity index (χ2v) is 8.68. The molecule has 0 N–H and O–H groups in total. The van der Waals surface area contributed by atoms with Crippen molar-refractivity contribution in [3.63, 3.8) is 0 Å². The maximum Gasteiger partial charge on any atom is 0.233 e. The Morgan fingerprint density at radius 1 is 1.22 bits per heavy atom. The molecule has 0 atom stereocenters. The summed E-state index contributed by atoms with van der Waals surface area (Å²) < 4.78 is 2.06. The summed E-state index contributed by atoms with van der Waals surface area (Å²) in [6.07, 6.45) is 2.06. The molecule has 0 unspecified atom stereocenters. The fourth-order valence-electron chi connectivity index (χ4n) is 2.60. The number of thiophene rings is 1. The largest absolute Gasteiger partial charge is 0.341 e. The van der Waals surface area contributed by atoms with Crippen molar-refractivity contribution in [2.24, 2.45) is 0 Å². The number of hydrogen-bond donors (Lipinski definition) is 0. The zero-order valence-corrected chi connectivity index (χ0v) is 18.0. The monoisotopic (exact) mass is 418 g/mol. The lowest BCUT2D eigenvalue weighted by molar-refractivity contribution is -0.127. The van der Waals surface area contributed by atoms with Crippen molar-refractivity contribution in [2.75, 3.05) is 19.1 Å². The molecule has 3 aromatic rings. The van der Waals surface area contributed by atoms with Crippen molar-refractivity contribution in [3.8, 4) is 10.7 Å². The number of rotatable bonds is 8. The lowest BCUT2D eigenvalue weighted by Crippen LogP contribution is -2.27. The molecule has 3 rings (SSSR count). The average Bonchev–Trinajstić information content (AvgIpc) is 3.35. The molecule has 5 nitrogen and oxygen atoms in total. The number of thioether (sulfide) groups is 2. The molecule has 2 aromatic heterocycles. The minimum atomic E-state index is 0.0808. The van der Waals surface area contributed by atoms with Gasteiger partial charge < -0.3 is 9.47 Å². The van der Waals surface area contributed by atoms with Crippen molar-refractivity contribution in [1.82, 2.24) is 19.7 Å². The topological polar surface area (TPSA) is 51.0 Å². The Morgan fingerprint density at radius 2 is 2.00 bits per heavy atom. The van der Waals surface area contributed by atoms with E-state index < -0.39 is 0 Å². The van der Waals surface area contributed by atoms with Crippen LogP contribution in [0.25, 0.3) is 10.7 Å². The molecular weight excluding hydrogens is 396 g/mol. The molecule has 8 heteroatoms. The molecule has 0 spiro atoms. The Balaban J connectivity index is 1.60. The normalized spacial score (nSPS) is 10.9. The van der Waals surface area contributed by atoms with Gasteiger partial charge in [-0.15, -0.1) is 33.3 Å². The summed E-state index contributed by atoms with van der Waals surface area (Å²) in [6.45, 7) is 3.44. The highest BCUT2D eigenvalue weighted by Crippen LogP contribution is 2.27. The smallest absolute Gasteiger partial charge is 0.233 e. The van der Waals surface area contributed by atoms with Gasteiger partial charge in [0.05, 0.1) is 10.6 Å². The minimum Gasteiger partial charge on any atom is -0.341 e. The van der Waals surface area contributed by atoms with E-state index >= 15 is 0 Å². The van der Waals surface area contributed by atoms with Crippen molar-refractivity contribution in [1.29, 1.82) is 0 Å². The van der Waals surface area contributed by atoms with Crippen LogP contribution in [0.1, 0.15) is 12.5 Å². The molecule has 1 aromatic carbocycles. The maximum atomic E-state index is 12.5. The van der Waals surface area contributed by atoms with Gasteiger partial charge in [-0.05, 0) is 42.3 Å². The second kappa shape index (κ2) is 9.43. The Morgan fingerprint density at radius 3 is 2.63 bits per heavy atom. The summed E-state index contributed by atoms with van der Waals surface area (Å²) in [6, 6.07) is 12.4. The van der Waals surface area contributed by atoms with Gasteiger partial charge in [-0.2, -0.15) is 0 Å². The van der Waals surface area contributed by atoms with Crippen LogP contribution < -0.4 is 0 Å². The van der Waals surface area contributed by atoms with Crippen LogP contribution in [0, 0.1) is 0 Å². The van der Waals surface area contributed by atoms with Crippen molar-refractivity contribution < 1.29 is 4.79 Å². The van der Waals surface area contributed by atoms with Gasteiger partial charge in [0, 0.05) is 25.0 Å². The van der Waals surface area contributed by atoms with Gasteiger partial charge in [0.15, 0.2) is 11.0 Å². The van der Waals surface area contributed by atoms with Crippen molar-refractivity contribution in [2.45, 2.75) is 30.1 Å². The van der Waals surface area contributed by atoms with E-state index in [2.05, 4.69) is 52.2 Å². The fourth-order valence-corrected chi connectivity index (χ4v) is 4.67. The zero-order valence-electron chi connectivity index (χ0n) is 15.6. The molecule has 0 fully saturated rings. The van der Waals surface area contributed by atoms with E-state index in [1.165, 1.54) is 16.7 Å². The van der Waals surface area contributed by atoms with E-state index in [1.807, 2.05) is 24.6 Å². The van der Waals surface area contributed by atoms with E-state index in [0.717, 1.165) is 28.0 Å². The van der Waals surface area contributed by atoms with Crippen LogP contribution in [-0.2, 0) is 17.9 Å². The summed E-state index contributed by atoms with van der Waals surface area (Å²) in [4.78, 5) is 16.6. The van der Waals surface area contributed by atoms with E-state index in [4.69, 9.17) is 0 Å². The van der Waals surface area contributed by atoms with E-state index in [1.54, 1.807) is 28.0 Å². The summed E-state index contributed by atoms with van der Waals surface area (Å²) in [5.41, 5.74) is 1.13. The summed E-state index contributed by atoms with van der Waals surface area (Å²) in [5.74, 6) is 1.30. The molecule has 0 bridgehead atoms. The first-order valence-corrected chi connectivity index (χ1v) is 11.7. The Hall–Kier alpha value is -1.77. The predicted octanol–water partition coefficient (Wildman–Crippen LogP) is 4.50. The highest BCUT2D eigenvalue weighted by Gasteiger charge is 2.16. The Kier molecular flexibility index (Phi) is 6.98. The Labute approximate surface area is 172 Å². The van der Waals surface area contributed by atoms with Crippen LogP contribution in [0.4, 0.5) is 0 Å². The molecule has 142 valence electrons. The third kappa shape index (κ3) is 4.94. The van der Waals surface area contributed by atoms with Crippen LogP contribution in [0.3, 0.4) is 0 Å². The standard InChI is InChI=1S/C19H22N4OS3/c1-4-23-18(16-6-5-11-26-16)20-21-19(23)27-13-17(24)22(2)12-14-7-9-15(25-3)10-8-14/h5-11H,4,12-13H2,1-3H3. The zero-order chi connectivity index (χ0) is 19.2. The fraction of sp³-hybridized carbons (Fsp3) is 0.316. The first-order chi connectivity index (χ1) is 13.1. The van der Waals surface area contributed by atoms with Gasteiger partial charge in [-0.1, -0.05) is 30.0 Å². The average molecular weight is 419 g/mol. The molecule has 0 aliphatic carbocycles. The highest BCUT2D eigenvalue weighted by molar-refractivity contribution is 7.99. The van der Waals surface area contributed by atoms with Crippen LogP contribution >= 0.6 is 34.9 Å². The van der Waals surface area contributed by atoms with E-state index in [9.17, 15) is 4.79 Å². The summed E-state index contributed by atoms with van der Waals surface area (Å²) >= 11 is 4.80. The van der Waals surface area contributed by atoms with Crippen LogP contribution in [-0.4, -0.2) is 44.6 Å². The molecule has 0 saturated heterocycles. The number of carbonyl (C=O) groups excluding carboxylic acids is 1. The third-order valence-electron chi connectivity index (χ3n) is 4.10. The third-order valence-corrected chi connectivity index (χ3v) is 6.66. The molecule has 2 heterocycles. The summed E-state index contributed by atoms with van der Waals surface area (Å²) in [7, 11) is 1.84. The van der Waals surface area contributed by atoms with Gasteiger partial charge >= 0.3 is 0 Å². The lowest BCUT2D eigenvalue weighted by atomic mass is 10.2. The number of benzene rings is 1. The lowest BCUT2D eigenvalue weighted by Gasteiger charge is -2.17. The SMILES string of the molecule is CCn1c(SCC(=O)N(C)Cc2ccc(SC)cc2)nnc1-c1cccs1.